The number of sulfonamides is 1. The Morgan fingerprint density at radius 3 is 2.47 bits per heavy atom. The second-order valence-electron chi connectivity index (χ2n) is 8.91. The first-order chi connectivity index (χ1) is 15.4. The molecule has 1 aromatic carbocycles. The summed E-state index contributed by atoms with van der Waals surface area (Å²) in [6.07, 6.45) is 8.30. The predicted molar refractivity (Wildman–Crippen MR) is 128 cm³/mol. The molecule has 0 amide bonds. The van der Waals surface area contributed by atoms with Crippen molar-refractivity contribution in [3.63, 3.8) is 0 Å². The van der Waals surface area contributed by atoms with E-state index in [0.717, 1.165) is 21.3 Å². The van der Waals surface area contributed by atoms with Crippen LogP contribution in [-0.4, -0.2) is 43.8 Å². The van der Waals surface area contributed by atoms with E-state index in [1.54, 1.807) is 23.5 Å². The predicted octanol–water partition coefficient (Wildman–Crippen LogP) is 4.45. The van der Waals surface area contributed by atoms with Crippen LogP contribution in [0.15, 0.2) is 23.1 Å². The van der Waals surface area contributed by atoms with E-state index in [-0.39, 0.29) is 17.0 Å². The van der Waals surface area contributed by atoms with Crippen molar-refractivity contribution in [1.29, 1.82) is 0 Å². The third kappa shape index (κ3) is 5.44. The molecular weight excluding hydrogens is 446 g/mol. The van der Waals surface area contributed by atoms with E-state index in [1.807, 2.05) is 13.0 Å². The number of hydrogen-bond donors (Lipinski definition) is 3. The van der Waals surface area contributed by atoms with E-state index in [4.69, 9.17) is 9.72 Å². The Labute approximate surface area is 194 Å². The maximum atomic E-state index is 13.2. The molecule has 2 aliphatic rings. The second-order valence-corrected chi connectivity index (χ2v) is 11.6. The van der Waals surface area contributed by atoms with Crippen LogP contribution in [0, 0.1) is 6.92 Å². The number of hydrogen-bond acceptors (Lipinski definition) is 7. The summed E-state index contributed by atoms with van der Waals surface area (Å²) in [5.74, 6) is 0.319. The van der Waals surface area contributed by atoms with Crippen LogP contribution in [0.3, 0.4) is 0 Å². The Hall–Kier alpha value is -1.68. The lowest BCUT2D eigenvalue weighted by Crippen LogP contribution is -2.38. The van der Waals surface area contributed by atoms with Gasteiger partial charge in [-0.3, -0.25) is 0 Å². The highest BCUT2D eigenvalue weighted by Crippen LogP contribution is 2.37. The smallest absolute Gasteiger partial charge is 0.244 e. The summed E-state index contributed by atoms with van der Waals surface area (Å²) in [5.41, 5.74) is 1.70. The number of anilines is 1. The highest BCUT2D eigenvalue weighted by molar-refractivity contribution is 7.89. The average molecular weight is 480 g/mol. The molecule has 7 nitrogen and oxygen atoms in total. The number of thiazole rings is 1. The van der Waals surface area contributed by atoms with Gasteiger partial charge in [-0.1, -0.05) is 30.6 Å². The normalized spacial score (nSPS) is 22.6. The molecule has 3 N–H and O–H groups in total. The molecule has 0 atom stereocenters. The largest absolute Gasteiger partial charge is 0.495 e. The maximum Gasteiger partial charge on any atom is 0.244 e. The fraction of sp³-hybridized carbons (Fsp3) is 0.609. The van der Waals surface area contributed by atoms with E-state index in [1.165, 1.54) is 39.2 Å². The number of methoxy groups -OCH3 is 1. The number of nitrogens with one attached hydrogen (secondary N) is 2. The zero-order valence-electron chi connectivity index (χ0n) is 18.8. The van der Waals surface area contributed by atoms with Crippen LogP contribution in [0.4, 0.5) is 5.13 Å². The van der Waals surface area contributed by atoms with Crippen LogP contribution < -0.4 is 14.8 Å². The van der Waals surface area contributed by atoms with Crippen LogP contribution in [0.2, 0.25) is 0 Å². The summed E-state index contributed by atoms with van der Waals surface area (Å²) in [7, 11) is -2.29. The average Bonchev–Trinajstić information content (AvgIpc) is 3.15. The van der Waals surface area contributed by atoms with E-state index >= 15 is 0 Å². The lowest BCUT2D eigenvalue weighted by atomic mass is 9.94. The fourth-order valence-corrected chi connectivity index (χ4v) is 7.19. The van der Waals surface area contributed by atoms with Gasteiger partial charge in [0.2, 0.25) is 10.0 Å². The molecule has 176 valence electrons. The Morgan fingerprint density at radius 1 is 1.06 bits per heavy atom. The van der Waals surface area contributed by atoms with Gasteiger partial charge in [0.05, 0.1) is 23.8 Å². The van der Waals surface area contributed by atoms with Gasteiger partial charge in [0.1, 0.15) is 10.6 Å². The fourth-order valence-electron chi connectivity index (χ4n) is 4.65. The van der Waals surface area contributed by atoms with E-state index in [9.17, 15) is 13.5 Å². The molecule has 0 aliphatic heterocycles. The van der Waals surface area contributed by atoms with Crippen LogP contribution in [0.1, 0.15) is 63.5 Å². The molecule has 1 aromatic heterocycles. The lowest BCUT2D eigenvalue weighted by molar-refractivity contribution is 0.120. The summed E-state index contributed by atoms with van der Waals surface area (Å²) in [5, 5.41) is 14.2. The molecule has 0 spiro atoms. The SMILES string of the molecule is COc1ccc(-c2sc(NC3CCCCC3)nc2C)cc1S(=O)(=O)NC1CCC(O)CC1. The molecule has 2 aromatic rings. The topological polar surface area (TPSA) is 101 Å². The Morgan fingerprint density at radius 2 is 1.78 bits per heavy atom. The zero-order chi connectivity index (χ0) is 22.7. The van der Waals surface area contributed by atoms with Gasteiger partial charge in [0, 0.05) is 12.1 Å². The number of aliphatic hydroxyl groups is 1. The number of aryl methyl sites for hydroxylation is 1. The third-order valence-electron chi connectivity index (χ3n) is 6.46. The maximum absolute atomic E-state index is 13.2. The number of aromatic nitrogens is 1. The van der Waals surface area contributed by atoms with Crippen LogP contribution in [0.5, 0.6) is 5.75 Å². The molecule has 0 radical (unpaired) electrons. The molecule has 2 aliphatic carbocycles. The number of rotatable bonds is 7. The molecular formula is C23H33N3O4S2. The van der Waals surface area contributed by atoms with Gasteiger partial charge in [-0.15, -0.1) is 0 Å². The molecule has 0 unspecified atom stereocenters. The molecule has 32 heavy (non-hydrogen) atoms. The summed E-state index contributed by atoms with van der Waals surface area (Å²) in [4.78, 5) is 5.80. The van der Waals surface area contributed by atoms with Gasteiger partial charge in [-0.2, -0.15) is 0 Å². The van der Waals surface area contributed by atoms with E-state index < -0.39 is 10.0 Å². The Kier molecular flexibility index (Phi) is 7.39. The molecule has 4 rings (SSSR count). The Balaban J connectivity index is 1.57. The van der Waals surface area contributed by atoms with Crippen molar-refractivity contribution in [3.8, 4) is 16.2 Å². The third-order valence-corrected chi connectivity index (χ3v) is 9.14. The van der Waals surface area contributed by atoms with Gasteiger partial charge < -0.3 is 15.2 Å². The molecule has 9 heteroatoms. The molecule has 0 saturated heterocycles. The highest BCUT2D eigenvalue weighted by atomic mass is 32.2. The van der Waals surface area contributed by atoms with Crippen molar-refractivity contribution >= 4 is 26.5 Å². The molecule has 1 heterocycles. The van der Waals surface area contributed by atoms with Gasteiger partial charge >= 0.3 is 0 Å². The molecule has 2 saturated carbocycles. The number of nitrogens with zero attached hydrogens (tertiary/aromatic N) is 1. The quantitative estimate of drug-likeness (QED) is 0.542. The summed E-state index contributed by atoms with van der Waals surface area (Å²) in [6, 6.07) is 5.58. The van der Waals surface area contributed by atoms with Gasteiger partial charge in [-0.05, 0) is 69.2 Å². The number of benzene rings is 1. The first-order valence-corrected chi connectivity index (χ1v) is 13.8. The lowest BCUT2D eigenvalue weighted by Gasteiger charge is -2.26. The first-order valence-electron chi connectivity index (χ1n) is 11.5. The van der Waals surface area contributed by atoms with Crippen molar-refractivity contribution in [2.45, 2.75) is 87.8 Å². The van der Waals surface area contributed by atoms with Crippen molar-refractivity contribution in [2.24, 2.45) is 0 Å². The van der Waals surface area contributed by atoms with E-state index in [0.29, 0.717) is 37.5 Å². The van der Waals surface area contributed by atoms with Crippen LogP contribution in [-0.2, 0) is 10.0 Å². The highest BCUT2D eigenvalue weighted by Gasteiger charge is 2.28. The van der Waals surface area contributed by atoms with E-state index in [2.05, 4.69) is 10.0 Å². The number of ether oxygens (including phenoxy) is 1. The van der Waals surface area contributed by atoms with Gasteiger partial charge in [0.25, 0.3) is 0 Å². The van der Waals surface area contributed by atoms with Crippen molar-refractivity contribution in [2.75, 3.05) is 12.4 Å². The van der Waals surface area contributed by atoms with Gasteiger partial charge in [-0.25, -0.2) is 18.1 Å². The Bertz CT molecular complexity index is 1020. The summed E-state index contributed by atoms with van der Waals surface area (Å²) < 4.78 is 34.6. The monoisotopic (exact) mass is 479 g/mol. The minimum atomic E-state index is -3.77. The summed E-state index contributed by atoms with van der Waals surface area (Å²) >= 11 is 1.57. The second kappa shape index (κ2) is 10.1. The van der Waals surface area contributed by atoms with Crippen molar-refractivity contribution in [3.05, 3.63) is 23.9 Å². The van der Waals surface area contributed by atoms with Crippen LogP contribution in [0.25, 0.3) is 10.4 Å². The van der Waals surface area contributed by atoms with Crippen LogP contribution >= 0.6 is 11.3 Å². The van der Waals surface area contributed by atoms with Gasteiger partial charge in [0.15, 0.2) is 5.13 Å². The molecule has 2 fully saturated rings. The summed E-state index contributed by atoms with van der Waals surface area (Å²) in [6.45, 7) is 1.96. The molecule has 0 bridgehead atoms. The first kappa shape index (κ1) is 23.5. The number of aliphatic hydroxyl groups excluding tert-OH is 1. The van der Waals surface area contributed by atoms with Crippen molar-refractivity contribution < 1.29 is 18.3 Å². The minimum absolute atomic E-state index is 0.137. The zero-order valence-corrected chi connectivity index (χ0v) is 20.4. The minimum Gasteiger partial charge on any atom is -0.495 e. The standard InChI is InChI=1S/C23H33N3O4S2/c1-15-22(31-23(24-15)25-17-6-4-3-5-7-17)16-8-13-20(30-2)21(14-16)32(28,29)26-18-9-11-19(27)12-10-18/h8,13-14,17-19,26-27H,3-7,9-12H2,1-2H3,(H,24,25). The van der Waals surface area contributed by atoms with Crippen molar-refractivity contribution in [1.82, 2.24) is 9.71 Å².